The maximum atomic E-state index is 6.00. The van der Waals surface area contributed by atoms with Gasteiger partial charge in [0.15, 0.2) is 0 Å². The number of hydrogen-bond donors (Lipinski definition) is 1. The normalized spacial score (nSPS) is 11.4. The van der Waals surface area contributed by atoms with Crippen LogP contribution in [-0.4, -0.2) is 15.2 Å². The highest BCUT2D eigenvalue weighted by molar-refractivity contribution is 6.05. The number of nitrogens with one attached hydrogen (secondary N) is 1. The lowest BCUT2D eigenvalue weighted by molar-refractivity contribution is 0.669. The van der Waals surface area contributed by atoms with E-state index in [9.17, 15) is 0 Å². The molecule has 0 atom stereocenters. The third kappa shape index (κ3) is 2.31. The second-order valence-corrected chi connectivity index (χ2v) is 6.16. The van der Waals surface area contributed by atoms with E-state index in [1.54, 1.807) is 0 Å². The number of aryl methyl sites for hydroxylation is 1. The van der Waals surface area contributed by atoms with Crippen LogP contribution in [0.1, 0.15) is 5.69 Å². The maximum Gasteiger partial charge on any atom is 0.136 e. The van der Waals surface area contributed by atoms with E-state index in [0.29, 0.717) is 0 Å². The van der Waals surface area contributed by atoms with Crippen molar-refractivity contribution in [1.82, 2.24) is 15.2 Å². The molecule has 4 heteroatoms. The van der Waals surface area contributed by atoms with E-state index in [0.717, 1.165) is 50.1 Å². The maximum absolute atomic E-state index is 6.00. The van der Waals surface area contributed by atoms with Gasteiger partial charge in [-0.15, -0.1) is 0 Å². The molecule has 5 aromatic rings. The van der Waals surface area contributed by atoms with Gasteiger partial charge < -0.3 is 4.42 Å². The van der Waals surface area contributed by atoms with Crippen molar-refractivity contribution in [1.29, 1.82) is 0 Å². The van der Waals surface area contributed by atoms with Gasteiger partial charge >= 0.3 is 0 Å². The Balaban J connectivity index is 1.64. The van der Waals surface area contributed by atoms with E-state index in [1.807, 2.05) is 43.5 Å². The molecule has 0 amide bonds. The summed E-state index contributed by atoms with van der Waals surface area (Å²) in [6.45, 7) is 1.96. The van der Waals surface area contributed by atoms with Crippen LogP contribution in [0.15, 0.2) is 71.3 Å². The number of fused-ring (bicyclic) bond motifs is 3. The van der Waals surface area contributed by atoms with Gasteiger partial charge in [-0.2, -0.15) is 5.10 Å². The number of benzene rings is 2. The van der Waals surface area contributed by atoms with Gasteiger partial charge in [-0.1, -0.05) is 24.3 Å². The third-order valence-corrected chi connectivity index (χ3v) is 4.45. The van der Waals surface area contributed by atoms with E-state index in [1.165, 1.54) is 0 Å². The van der Waals surface area contributed by atoms with Crippen LogP contribution >= 0.6 is 0 Å². The first-order valence-electron chi connectivity index (χ1n) is 8.18. The minimum atomic E-state index is 0.878. The first-order valence-corrected chi connectivity index (χ1v) is 8.18. The van der Waals surface area contributed by atoms with Crippen LogP contribution in [0.2, 0.25) is 0 Å². The molecule has 1 N–H and O–H groups in total. The highest BCUT2D eigenvalue weighted by Crippen LogP contribution is 2.32. The molecule has 0 fully saturated rings. The molecule has 0 radical (unpaired) electrons. The van der Waals surface area contributed by atoms with Gasteiger partial charge in [-0.25, -0.2) is 0 Å². The van der Waals surface area contributed by atoms with Crippen LogP contribution < -0.4 is 0 Å². The van der Waals surface area contributed by atoms with Crippen molar-refractivity contribution in [3.05, 3.63) is 72.6 Å². The summed E-state index contributed by atoms with van der Waals surface area (Å²) in [5, 5.41) is 9.48. The molecule has 25 heavy (non-hydrogen) atoms. The monoisotopic (exact) mass is 325 g/mol. The largest absolute Gasteiger partial charge is 0.456 e. The van der Waals surface area contributed by atoms with Crippen molar-refractivity contribution in [2.24, 2.45) is 0 Å². The lowest BCUT2D eigenvalue weighted by Crippen LogP contribution is -1.85. The zero-order valence-corrected chi connectivity index (χ0v) is 13.7. The Hall–Kier alpha value is -3.40. The first kappa shape index (κ1) is 14.0. The molecule has 4 nitrogen and oxygen atoms in total. The van der Waals surface area contributed by atoms with Crippen molar-refractivity contribution in [3.8, 4) is 22.5 Å². The molecular weight excluding hydrogens is 310 g/mol. The van der Waals surface area contributed by atoms with Crippen LogP contribution in [0.4, 0.5) is 0 Å². The number of rotatable bonds is 2. The standard InChI is InChI=1S/C21H15N3O/c1-13-10-19(24-23-13)18-11-15(8-9-22-18)14-6-7-17-16-4-2-3-5-20(16)25-21(17)12-14/h2-12H,1H3,(H,23,24). The topological polar surface area (TPSA) is 54.7 Å². The first-order chi connectivity index (χ1) is 12.3. The second kappa shape index (κ2) is 5.31. The minimum Gasteiger partial charge on any atom is -0.456 e. The van der Waals surface area contributed by atoms with Crippen LogP contribution in [0.25, 0.3) is 44.5 Å². The van der Waals surface area contributed by atoms with Gasteiger partial charge in [0.1, 0.15) is 11.2 Å². The average molecular weight is 325 g/mol. The highest BCUT2D eigenvalue weighted by atomic mass is 16.3. The molecule has 0 spiro atoms. The molecule has 120 valence electrons. The zero-order chi connectivity index (χ0) is 16.8. The molecule has 0 aliphatic rings. The van der Waals surface area contributed by atoms with Crippen molar-refractivity contribution in [2.75, 3.05) is 0 Å². The van der Waals surface area contributed by atoms with Crippen LogP contribution in [0.3, 0.4) is 0 Å². The van der Waals surface area contributed by atoms with Crippen LogP contribution in [0, 0.1) is 6.92 Å². The molecule has 0 saturated heterocycles. The molecule has 0 aliphatic heterocycles. The summed E-state index contributed by atoms with van der Waals surface area (Å²) < 4.78 is 6.00. The van der Waals surface area contributed by atoms with E-state index < -0.39 is 0 Å². The summed E-state index contributed by atoms with van der Waals surface area (Å²) in [4.78, 5) is 4.45. The van der Waals surface area contributed by atoms with Gasteiger partial charge in [-0.05, 0) is 54.4 Å². The smallest absolute Gasteiger partial charge is 0.136 e. The van der Waals surface area contributed by atoms with Gasteiger partial charge in [0, 0.05) is 17.0 Å². The molecule has 3 aromatic heterocycles. The number of aromatic nitrogens is 3. The van der Waals surface area contributed by atoms with Gasteiger partial charge in [0.05, 0.1) is 17.1 Å². The Bertz CT molecular complexity index is 1220. The summed E-state index contributed by atoms with van der Waals surface area (Å²) >= 11 is 0. The molecule has 0 aliphatic carbocycles. The van der Waals surface area contributed by atoms with Crippen molar-refractivity contribution in [2.45, 2.75) is 6.92 Å². The number of H-pyrrole nitrogens is 1. The van der Waals surface area contributed by atoms with E-state index in [2.05, 4.69) is 45.5 Å². The molecule has 3 heterocycles. The fraction of sp³-hybridized carbons (Fsp3) is 0.0476. The quantitative estimate of drug-likeness (QED) is 0.476. The fourth-order valence-electron chi connectivity index (χ4n) is 3.22. The second-order valence-electron chi connectivity index (χ2n) is 6.16. The summed E-state index contributed by atoms with van der Waals surface area (Å²) in [6, 6.07) is 20.5. The zero-order valence-electron chi connectivity index (χ0n) is 13.7. The third-order valence-electron chi connectivity index (χ3n) is 4.45. The van der Waals surface area contributed by atoms with Crippen LogP contribution in [0.5, 0.6) is 0 Å². The Morgan fingerprint density at radius 1 is 0.840 bits per heavy atom. The van der Waals surface area contributed by atoms with E-state index >= 15 is 0 Å². The highest BCUT2D eigenvalue weighted by Gasteiger charge is 2.09. The van der Waals surface area contributed by atoms with Gasteiger partial charge in [0.2, 0.25) is 0 Å². The number of hydrogen-bond acceptors (Lipinski definition) is 3. The molecular formula is C21H15N3O. The number of nitrogens with zero attached hydrogens (tertiary/aromatic N) is 2. The van der Waals surface area contributed by atoms with Crippen LogP contribution in [-0.2, 0) is 0 Å². The Morgan fingerprint density at radius 3 is 2.56 bits per heavy atom. The molecule has 2 aromatic carbocycles. The average Bonchev–Trinajstić information content (AvgIpc) is 3.24. The lowest BCUT2D eigenvalue weighted by atomic mass is 10.0. The lowest BCUT2D eigenvalue weighted by Gasteiger charge is -2.04. The summed E-state index contributed by atoms with van der Waals surface area (Å²) in [6.07, 6.45) is 1.82. The number of aromatic amines is 1. The predicted molar refractivity (Wildman–Crippen MR) is 99.3 cm³/mol. The summed E-state index contributed by atoms with van der Waals surface area (Å²) in [5.41, 5.74) is 6.76. The minimum absolute atomic E-state index is 0.878. The summed E-state index contributed by atoms with van der Waals surface area (Å²) in [5.74, 6) is 0. The van der Waals surface area contributed by atoms with E-state index in [4.69, 9.17) is 4.42 Å². The molecule has 0 bridgehead atoms. The Kier molecular flexibility index (Phi) is 2.97. The predicted octanol–water partition coefficient (Wildman–Crippen LogP) is 5.35. The summed E-state index contributed by atoms with van der Waals surface area (Å²) in [7, 11) is 0. The Labute approximate surface area is 144 Å². The molecule has 5 rings (SSSR count). The molecule has 0 unspecified atom stereocenters. The molecule has 0 saturated carbocycles. The Morgan fingerprint density at radius 2 is 1.68 bits per heavy atom. The van der Waals surface area contributed by atoms with Gasteiger partial charge in [0.25, 0.3) is 0 Å². The van der Waals surface area contributed by atoms with E-state index in [-0.39, 0.29) is 0 Å². The number of para-hydroxylation sites is 1. The number of pyridine rings is 1. The van der Waals surface area contributed by atoms with Crippen molar-refractivity contribution in [3.63, 3.8) is 0 Å². The van der Waals surface area contributed by atoms with Gasteiger partial charge in [-0.3, -0.25) is 10.1 Å². The fourth-order valence-corrected chi connectivity index (χ4v) is 3.22. The van der Waals surface area contributed by atoms with Crippen molar-refractivity contribution >= 4 is 21.9 Å². The number of furan rings is 1. The SMILES string of the molecule is Cc1cc(-c2cc(-c3ccc4c(c3)oc3ccccc34)ccn2)[nH]n1. The van der Waals surface area contributed by atoms with Crippen molar-refractivity contribution < 1.29 is 4.42 Å².